The summed E-state index contributed by atoms with van der Waals surface area (Å²) in [6.45, 7) is 0. The van der Waals surface area contributed by atoms with Crippen LogP contribution in [0.25, 0.3) is 0 Å². The Balaban J connectivity index is 2.28. The molecule has 0 bridgehead atoms. The van der Waals surface area contributed by atoms with Crippen molar-refractivity contribution in [3.8, 4) is 0 Å². The average Bonchev–Trinajstić information content (AvgIpc) is 2.39. The highest BCUT2D eigenvalue weighted by Crippen LogP contribution is 2.28. The number of pyridine rings is 2. The van der Waals surface area contributed by atoms with E-state index in [0.29, 0.717) is 5.02 Å². The molecular formula is C13H12Br2ClN3. The highest BCUT2D eigenvalue weighted by atomic mass is 79.9. The first-order valence-electron chi connectivity index (χ1n) is 5.68. The molecule has 2 heterocycles. The molecule has 0 aliphatic rings. The molecule has 3 nitrogen and oxygen atoms in total. The molecule has 0 amide bonds. The van der Waals surface area contributed by atoms with Gasteiger partial charge in [-0.15, -0.1) is 0 Å². The van der Waals surface area contributed by atoms with Crippen LogP contribution < -0.4 is 5.32 Å². The van der Waals surface area contributed by atoms with E-state index >= 15 is 0 Å². The number of likely N-dealkylation sites (N-methyl/N-ethyl adjacent to an activating group) is 1. The van der Waals surface area contributed by atoms with E-state index < -0.39 is 0 Å². The molecule has 2 aromatic rings. The molecule has 0 spiro atoms. The summed E-state index contributed by atoms with van der Waals surface area (Å²) < 4.78 is 1.91. The summed E-state index contributed by atoms with van der Waals surface area (Å²) in [5.41, 5.74) is 2.01. The van der Waals surface area contributed by atoms with Crippen LogP contribution in [0, 0.1) is 0 Å². The lowest BCUT2D eigenvalue weighted by molar-refractivity contribution is 0.573. The van der Waals surface area contributed by atoms with Gasteiger partial charge in [0.15, 0.2) is 0 Å². The lowest BCUT2D eigenvalue weighted by atomic mass is 10.0. The fourth-order valence-electron chi connectivity index (χ4n) is 1.81. The van der Waals surface area contributed by atoms with E-state index in [0.717, 1.165) is 26.6 Å². The van der Waals surface area contributed by atoms with Gasteiger partial charge in [-0.2, -0.15) is 0 Å². The Morgan fingerprint density at radius 2 is 2.16 bits per heavy atom. The number of nitrogens with one attached hydrogen (secondary N) is 1. The van der Waals surface area contributed by atoms with E-state index in [1.807, 2.05) is 19.2 Å². The van der Waals surface area contributed by atoms with Crippen LogP contribution in [0.4, 0.5) is 0 Å². The third kappa shape index (κ3) is 3.75. The van der Waals surface area contributed by atoms with Crippen LogP contribution in [0.5, 0.6) is 0 Å². The summed E-state index contributed by atoms with van der Waals surface area (Å²) >= 11 is 13.1. The first-order chi connectivity index (χ1) is 9.11. The quantitative estimate of drug-likeness (QED) is 0.830. The third-order valence-electron chi connectivity index (χ3n) is 2.80. The first kappa shape index (κ1) is 14.9. The molecule has 2 rings (SSSR count). The Hall–Kier alpha value is -0.490. The highest BCUT2D eigenvalue weighted by Gasteiger charge is 2.16. The molecule has 1 unspecified atom stereocenters. The smallest absolute Gasteiger partial charge is 0.0719 e. The van der Waals surface area contributed by atoms with E-state index in [4.69, 9.17) is 11.6 Å². The minimum atomic E-state index is 0.0855. The first-order valence-corrected chi connectivity index (χ1v) is 7.64. The van der Waals surface area contributed by atoms with Crippen molar-refractivity contribution in [3.05, 3.63) is 55.9 Å². The van der Waals surface area contributed by atoms with Crippen molar-refractivity contribution >= 4 is 43.5 Å². The van der Waals surface area contributed by atoms with Gasteiger partial charge in [0.2, 0.25) is 0 Å². The van der Waals surface area contributed by atoms with Gasteiger partial charge in [0.1, 0.15) is 0 Å². The van der Waals surface area contributed by atoms with Crippen LogP contribution >= 0.6 is 43.5 Å². The van der Waals surface area contributed by atoms with Crippen molar-refractivity contribution in [1.82, 2.24) is 15.3 Å². The van der Waals surface area contributed by atoms with E-state index in [9.17, 15) is 0 Å². The Bertz CT molecular complexity index is 578. The molecule has 100 valence electrons. The van der Waals surface area contributed by atoms with Crippen LogP contribution in [-0.4, -0.2) is 17.0 Å². The maximum atomic E-state index is 6.15. The maximum absolute atomic E-state index is 6.15. The van der Waals surface area contributed by atoms with Gasteiger partial charge in [-0.3, -0.25) is 9.97 Å². The molecule has 1 atom stereocenters. The van der Waals surface area contributed by atoms with Gasteiger partial charge in [-0.1, -0.05) is 11.6 Å². The van der Waals surface area contributed by atoms with Crippen molar-refractivity contribution < 1.29 is 0 Å². The van der Waals surface area contributed by atoms with Gasteiger partial charge in [0.25, 0.3) is 0 Å². The standard InChI is InChI=1S/C13H12Br2ClN3/c1-17-12(4-8-2-3-18-7-11(8)16)13-10(15)5-9(14)6-19-13/h2-3,5-7,12,17H,4H2,1H3. The van der Waals surface area contributed by atoms with Crippen LogP contribution in [0.2, 0.25) is 5.02 Å². The van der Waals surface area contributed by atoms with E-state index in [1.54, 1.807) is 18.6 Å². The molecule has 1 N–H and O–H groups in total. The summed E-state index contributed by atoms with van der Waals surface area (Å²) in [5.74, 6) is 0. The van der Waals surface area contributed by atoms with Gasteiger partial charge < -0.3 is 5.32 Å². The normalized spacial score (nSPS) is 12.4. The number of halogens is 3. The summed E-state index contributed by atoms with van der Waals surface area (Å²) in [5, 5.41) is 3.94. The minimum Gasteiger partial charge on any atom is -0.311 e. The van der Waals surface area contributed by atoms with E-state index in [-0.39, 0.29) is 6.04 Å². The van der Waals surface area contributed by atoms with Gasteiger partial charge in [0, 0.05) is 27.5 Å². The highest BCUT2D eigenvalue weighted by molar-refractivity contribution is 9.11. The summed E-state index contributed by atoms with van der Waals surface area (Å²) in [7, 11) is 1.91. The number of hydrogen-bond acceptors (Lipinski definition) is 3. The Labute approximate surface area is 134 Å². The lowest BCUT2D eigenvalue weighted by Crippen LogP contribution is -2.20. The fourth-order valence-corrected chi connectivity index (χ4v) is 3.27. The third-order valence-corrected chi connectivity index (χ3v) is 4.20. The van der Waals surface area contributed by atoms with Crippen molar-refractivity contribution in [2.75, 3.05) is 7.05 Å². The van der Waals surface area contributed by atoms with Crippen molar-refractivity contribution in [2.24, 2.45) is 0 Å². The minimum absolute atomic E-state index is 0.0855. The number of nitrogens with zero attached hydrogens (tertiary/aromatic N) is 2. The summed E-state index contributed by atoms with van der Waals surface area (Å²) in [4.78, 5) is 8.46. The lowest BCUT2D eigenvalue weighted by Gasteiger charge is -2.17. The molecule has 0 aliphatic carbocycles. The van der Waals surface area contributed by atoms with Crippen LogP contribution in [0.15, 0.2) is 39.7 Å². The number of hydrogen-bond donors (Lipinski definition) is 1. The van der Waals surface area contributed by atoms with Gasteiger partial charge in [-0.05, 0) is 63.0 Å². The van der Waals surface area contributed by atoms with E-state index in [2.05, 4.69) is 47.1 Å². The predicted molar refractivity (Wildman–Crippen MR) is 84.4 cm³/mol. The number of rotatable bonds is 4. The monoisotopic (exact) mass is 403 g/mol. The topological polar surface area (TPSA) is 37.8 Å². The average molecular weight is 406 g/mol. The zero-order chi connectivity index (χ0) is 13.8. The zero-order valence-electron chi connectivity index (χ0n) is 10.2. The molecule has 6 heteroatoms. The molecule has 0 saturated carbocycles. The maximum Gasteiger partial charge on any atom is 0.0719 e. The molecule has 19 heavy (non-hydrogen) atoms. The molecule has 0 radical (unpaired) electrons. The van der Waals surface area contributed by atoms with Crippen LogP contribution in [-0.2, 0) is 6.42 Å². The molecule has 2 aromatic heterocycles. The zero-order valence-corrected chi connectivity index (χ0v) is 14.1. The summed E-state index contributed by atoms with van der Waals surface area (Å²) in [6.07, 6.45) is 5.95. The van der Waals surface area contributed by atoms with Crippen molar-refractivity contribution in [2.45, 2.75) is 12.5 Å². The van der Waals surface area contributed by atoms with Gasteiger partial charge >= 0.3 is 0 Å². The predicted octanol–water partition coefficient (Wildman–Crippen LogP) is 4.16. The van der Waals surface area contributed by atoms with Gasteiger partial charge in [0.05, 0.1) is 16.8 Å². The molecular weight excluding hydrogens is 393 g/mol. The largest absolute Gasteiger partial charge is 0.311 e. The van der Waals surface area contributed by atoms with E-state index in [1.165, 1.54) is 0 Å². The Kier molecular flexibility index (Phi) is 5.33. The van der Waals surface area contributed by atoms with Crippen LogP contribution in [0.3, 0.4) is 0 Å². The van der Waals surface area contributed by atoms with Gasteiger partial charge in [-0.25, -0.2) is 0 Å². The molecule has 0 saturated heterocycles. The second-order valence-electron chi connectivity index (χ2n) is 4.03. The second kappa shape index (κ2) is 6.79. The molecule has 0 fully saturated rings. The Morgan fingerprint density at radius 3 is 2.79 bits per heavy atom. The second-order valence-corrected chi connectivity index (χ2v) is 6.21. The van der Waals surface area contributed by atoms with Crippen molar-refractivity contribution in [1.29, 1.82) is 0 Å². The molecule has 0 aromatic carbocycles. The number of aromatic nitrogens is 2. The van der Waals surface area contributed by atoms with Crippen LogP contribution in [0.1, 0.15) is 17.3 Å². The molecule has 0 aliphatic heterocycles. The van der Waals surface area contributed by atoms with Crippen molar-refractivity contribution in [3.63, 3.8) is 0 Å². The Morgan fingerprint density at radius 1 is 1.37 bits per heavy atom. The SMILES string of the molecule is CNC(Cc1ccncc1Cl)c1ncc(Br)cc1Br. The fraction of sp³-hybridized carbons (Fsp3) is 0.231. The summed E-state index contributed by atoms with van der Waals surface area (Å²) in [6, 6.07) is 4.00.